The third-order valence-electron chi connectivity index (χ3n) is 2.39. The molecule has 0 heterocycles. The second-order valence-electron chi connectivity index (χ2n) is 3.48. The van der Waals surface area contributed by atoms with Gasteiger partial charge in [0, 0.05) is 5.69 Å². The zero-order valence-electron chi connectivity index (χ0n) is 10.1. The van der Waals surface area contributed by atoms with E-state index in [1.54, 1.807) is 7.11 Å². The molecule has 1 rings (SSSR count). The molecule has 4 nitrogen and oxygen atoms in total. The van der Waals surface area contributed by atoms with E-state index in [9.17, 15) is 4.79 Å². The summed E-state index contributed by atoms with van der Waals surface area (Å²) in [5.74, 6) is 0.487. The summed E-state index contributed by atoms with van der Waals surface area (Å²) in [6.45, 7) is 1.92. The average Bonchev–Trinajstić information content (AvgIpc) is 2.35. The van der Waals surface area contributed by atoms with Crippen LogP contribution in [0, 0.1) is 0 Å². The van der Waals surface area contributed by atoms with Crippen molar-refractivity contribution in [1.29, 1.82) is 0 Å². The van der Waals surface area contributed by atoms with Crippen LogP contribution in [0.3, 0.4) is 0 Å². The molecule has 0 aliphatic heterocycles. The summed E-state index contributed by atoms with van der Waals surface area (Å²) < 4.78 is 10.7. The fraction of sp³-hybridized carbons (Fsp3) is 0.417. The van der Waals surface area contributed by atoms with Crippen molar-refractivity contribution in [2.45, 2.75) is 19.4 Å². The predicted octanol–water partition coefficient (Wildman–Crippen LogP) is 2.82. The van der Waals surface area contributed by atoms with Gasteiger partial charge in [-0.3, -0.25) is 0 Å². The fourth-order valence-electron chi connectivity index (χ4n) is 1.43. The first kappa shape index (κ1) is 13.8. The highest BCUT2D eigenvalue weighted by molar-refractivity contribution is 9.10. The van der Waals surface area contributed by atoms with Crippen LogP contribution in [-0.2, 0) is 9.53 Å². The van der Waals surface area contributed by atoms with Crippen molar-refractivity contribution in [2.24, 2.45) is 0 Å². The maximum Gasteiger partial charge on any atom is 0.328 e. The van der Waals surface area contributed by atoms with Crippen molar-refractivity contribution in [3.05, 3.63) is 22.7 Å². The van der Waals surface area contributed by atoms with E-state index in [4.69, 9.17) is 9.47 Å². The smallest absolute Gasteiger partial charge is 0.328 e. The largest absolute Gasteiger partial charge is 0.496 e. The van der Waals surface area contributed by atoms with E-state index in [1.807, 2.05) is 25.1 Å². The van der Waals surface area contributed by atoms with Gasteiger partial charge in [-0.1, -0.05) is 6.92 Å². The van der Waals surface area contributed by atoms with E-state index >= 15 is 0 Å². The van der Waals surface area contributed by atoms with Gasteiger partial charge in [0.15, 0.2) is 0 Å². The van der Waals surface area contributed by atoms with Crippen LogP contribution in [0.2, 0.25) is 0 Å². The van der Waals surface area contributed by atoms with Crippen LogP contribution in [0.1, 0.15) is 13.3 Å². The van der Waals surface area contributed by atoms with E-state index in [0.717, 1.165) is 15.9 Å². The Labute approximate surface area is 109 Å². The van der Waals surface area contributed by atoms with Crippen molar-refractivity contribution in [2.75, 3.05) is 19.5 Å². The number of methoxy groups -OCH3 is 2. The quantitative estimate of drug-likeness (QED) is 0.850. The normalized spacial score (nSPS) is 11.8. The molecule has 0 bridgehead atoms. The Balaban J connectivity index is 2.80. The molecule has 0 saturated carbocycles. The molecule has 0 radical (unpaired) electrons. The Bertz CT molecular complexity index is 395. The Morgan fingerprint density at radius 3 is 2.65 bits per heavy atom. The number of ether oxygens (including phenoxy) is 2. The molecule has 5 heteroatoms. The molecule has 1 aromatic rings. The van der Waals surface area contributed by atoms with Gasteiger partial charge in [0.1, 0.15) is 11.8 Å². The summed E-state index contributed by atoms with van der Waals surface area (Å²) in [6.07, 6.45) is 0.663. The van der Waals surface area contributed by atoms with E-state index in [1.165, 1.54) is 7.11 Å². The molecule has 17 heavy (non-hydrogen) atoms. The van der Waals surface area contributed by atoms with Gasteiger partial charge < -0.3 is 14.8 Å². The molecule has 0 aliphatic carbocycles. The number of hydrogen-bond donors (Lipinski definition) is 1. The molecule has 0 amide bonds. The average molecular weight is 302 g/mol. The monoisotopic (exact) mass is 301 g/mol. The number of halogens is 1. The van der Waals surface area contributed by atoms with Crippen LogP contribution in [0.5, 0.6) is 5.75 Å². The lowest BCUT2D eigenvalue weighted by molar-refractivity contribution is -0.141. The summed E-state index contributed by atoms with van der Waals surface area (Å²) in [7, 11) is 2.99. The maximum atomic E-state index is 11.4. The molecule has 94 valence electrons. The molecule has 1 N–H and O–H groups in total. The van der Waals surface area contributed by atoms with E-state index in [0.29, 0.717) is 6.42 Å². The topological polar surface area (TPSA) is 47.6 Å². The van der Waals surface area contributed by atoms with E-state index in [-0.39, 0.29) is 12.0 Å². The first-order valence-electron chi connectivity index (χ1n) is 5.30. The minimum absolute atomic E-state index is 0.264. The zero-order chi connectivity index (χ0) is 12.8. The first-order valence-corrected chi connectivity index (χ1v) is 6.09. The predicted molar refractivity (Wildman–Crippen MR) is 70.4 cm³/mol. The fourth-order valence-corrected chi connectivity index (χ4v) is 1.97. The molecule has 0 spiro atoms. The first-order chi connectivity index (χ1) is 8.12. The van der Waals surface area contributed by atoms with Gasteiger partial charge in [0.05, 0.1) is 18.7 Å². The van der Waals surface area contributed by atoms with Crippen LogP contribution >= 0.6 is 15.9 Å². The maximum absolute atomic E-state index is 11.4. The van der Waals surface area contributed by atoms with Crippen LogP contribution in [0.25, 0.3) is 0 Å². The number of benzene rings is 1. The highest BCUT2D eigenvalue weighted by atomic mass is 79.9. The van der Waals surface area contributed by atoms with Crippen LogP contribution in [0.15, 0.2) is 22.7 Å². The van der Waals surface area contributed by atoms with Crippen molar-refractivity contribution < 1.29 is 14.3 Å². The van der Waals surface area contributed by atoms with Gasteiger partial charge in [-0.25, -0.2) is 4.79 Å². The van der Waals surface area contributed by atoms with Gasteiger partial charge in [0.25, 0.3) is 0 Å². The molecule has 1 atom stereocenters. The van der Waals surface area contributed by atoms with Gasteiger partial charge >= 0.3 is 5.97 Å². The Kier molecular flexibility index (Phi) is 5.28. The Morgan fingerprint density at radius 2 is 2.18 bits per heavy atom. The van der Waals surface area contributed by atoms with Crippen molar-refractivity contribution in [3.63, 3.8) is 0 Å². The lowest BCUT2D eigenvalue weighted by Crippen LogP contribution is -2.29. The highest BCUT2D eigenvalue weighted by Crippen LogP contribution is 2.28. The lowest BCUT2D eigenvalue weighted by atomic mass is 10.2. The third kappa shape index (κ3) is 3.63. The van der Waals surface area contributed by atoms with Crippen molar-refractivity contribution >= 4 is 27.6 Å². The molecule has 0 aliphatic rings. The molecular formula is C12H16BrNO3. The van der Waals surface area contributed by atoms with Gasteiger partial charge in [-0.05, 0) is 40.5 Å². The standard InChI is InChI=1S/C12H16BrNO3/c1-4-10(12(15)17-3)14-8-5-6-11(16-2)9(13)7-8/h5-7,10,14H,4H2,1-3H3. The minimum atomic E-state index is -0.333. The number of esters is 1. The molecule has 0 saturated heterocycles. The molecular weight excluding hydrogens is 286 g/mol. The number of carbonyl (C=O) groups is 1. The summed E-state index contributed by atoms with van der Waals surface area (Å²) in [5, 5.41) is 3.11. The van der Waals surface area contributed by atoms with Gasteiger partial charge in [0.2, 0.25) is 0 Å². The summed E-state index contributed by atoms with van der Waals surface area (Å²) >= 11 is 3.39. The molecule has 0 aromatic heterocycles. The molecule has 1 unspecified atom stereocenters. The van der Waals surface area contributed by atoms with E-state index in [2.05, 4.69) is 21.2 Å². The zero-order valence-corrected chi connectivity index (χ0v) is 11.7. The summed E-state index contributed by atoms with van der Waals surface area (Å²) in [6, 6.07) is 5.22. The molecule has 1 aromatic carbocycles. The number of anilines is 1. The summed E-state index contributed by atoms with van der Waals surface area (Å²) in [4.78, 5) is 11.4. The number of nitrogens with one attached hydrogen (secondary N) is 1. The van der Waals surface area contributed by atoms with Crippen molar-refractivity contribution in [3.8, 4) is 5.75 Å². The second-order valence-corrected chi connectivity index (χ2v) is 4.33. The number of hydrogen-bond acceptors (Lipinski definition) is 4. The third-order valence-corrected chi connectivity index (χ3v) is 3.01. The second kappa shape index (κ2) is 6.49. The van der Waals surface area contributed by atoms with Gasteiger partial charge in [-0.15, -0.1) is 0 Å². The van der Waals surface area contributed by atoms with Crippen LogP contribution in [0.4, 0.5) is 5.69 Å². The summed E-state index contributed by atoms with van der Waals surface area (Å²) in [5.41, 5.74) is 0.843. The Hall–Kier alpha value is -1.23. The highest BCUT2D eigenvalue weighted by Gasteiger charge is 2.16. The molecule has 0 fully saturated rings. The van der Waals surface area contributed by atoms with Gasteiger partial charge in [-0.2, -0.15) is 0 Å². The number of rotatable bonds is 5. The SMILES string of the molecule is CCC(Nc1ccc(OC)c(Br)c1)C(=O)OC. The minimum Gasteiger partial charge on any atom is -0.496 e. The Morgan fingerprint density at radius 1 is 1.47 bits per heavy atom. The van der Waals surface area contributed by atoms with Crippen molar-refractivity contribution in [1.82, 2.24) is 0 Å². The van der Waals surface area contributed by atoms with Crippen LogP contribution in [-0.4, -0.2) is 26.2 Å². The number of carbonyl (C=O) groups excluding carboxylic acids is 1. The van der Waals surface area contributed by atoms with Crippen LogP contribution < -0.4 is 10.1 Å². The van der Waals surface area contributed by atoms with E-state index < -0.39 is 0 Å². The lowest BCUT2D eigenvalue weighted by Gasteiger charge is -2.16.